The first-order chi connectivity index (χ1) is 9.56. The number of rotatable bonds is 3. The molecule has 0 aliphatic carbocycles. The zero-order chi connectivity index (χ0) is 14.5. The fourth-order valence-electron chi connectivity index (χ4n) is 3.19. The summed E-state index contributed by atoms with van der Waals surface area (Å²) in [4.78, 5) is 26.8. The van der Waals surface area contributed by atoms with E-state index < -0.39 is 5.97 Å². The third-order valence-corrected chi connectivity index (χ3v) is 4.28. The lowest BCUT2D eigenvalue weighted by Crippen LogP contribution is -2.53. The zero-order valence-corrected chi connectivity index (χ0v) is 12.0. The van der Waals surface area contributed by atoms with Crippen molar-refractivity contribution < 1.29 is 14.7 Å². The molecule has 2 heterocycles. The molecule has 6 nitrogen and oxygen atoms in total. The standard InChI is InChI=1S/C14H25N3O3/c15-12-4-2-8-17(10-12)14(20)16-7-1-3-11(9-16)5-6-13(18)19/h11-12H,1-10,15H2,(H,18,19). The molecule has 0 bridgehead atoms. The molecule has 3 N–H and O–H groups in total. The molecule has 2 atom stereocenters. The summed E-state index contributed by atoms with van der Waals surface area (Å²) in [7, 11) is 0. The van der Waals surface area contributed by atoms with Gasteiger partial charge in [-0.05, 0) is 38.0 Å². The summed E-state index contributed by atoms with van der Waals surface area (Å²) in [6, 6.07) is 0.181. The van der Waals surface area contributed by atoms with E-state index in [4.69, 9.17) is 10.8 Å². The highest BCUT2D eigenvalue weighted by Crippen LogP contribution is 2.22. The monoisotopic (exact) mass is 283 g/mol. The van der Waals surface area contributed by atoms with E-state index in [9.17, 15) is 9.59 Å². The number of amides is 2. The Morgan fingerprint density at radius 1 is 1.10 bits per heavy atom. The van der Waals surface area contributed by atoms with Gasteiger partial charge in [-0.1, -0.05) is 0 Å². The van der Waals surface area contributed by atoms with Crippen molar-refractivity contribution in [1.29, 1.82) is 0 Å². The number of carbonyl (C=O) groups is 2. The highest BCUT2D eigenvalue weighted by molar-refractivity contribution is 5.74. The van der Waals surface area contributed by atoms with E-state index in [1.54, 1.807) is 0 Å². The van der Waals surface area contributed by atoms with Gasteiger partial charge in [0.05, 0.1) is 0 Å². The van der Waals surface area contributed by atoms with Gasteiger partial charge in [-0.15, -0.1) is 0 Å². The van der Waals surface area contributed by atoms with Gasteiger partial charge >= 0.3 is 12.0 Å². The molecule has 2 amide bonds. The molecule has 20 heavy (non-hydrogen) atoms. The molecular weight excluding hydrogens is 258 g/mol. The van der Waals surface area contributed by atoms with Crippen molar-refractivity contribution in [1.82, 2.24) is 9.80 Å². The van der Waals surface area contributed by atoms with Gasteiger partial charge in [0.25, 0.3) is 0 Å². The lowest BCUT2D eigenvalue weighted by atomic mass is 9.93. The summed E-state index contributed by atoms with van der Waals surface area (Å²) in [6.07, 6.45) is 4.82. The summed E-state index contributed by atoms with van der Waals surface area (Å²) in [5, 5.41) is 8.75. The number of nitrogens with zero attached hydrogens (tertiary/aromatic N) is 2. The molecular formula is C14H25N3O3. The third kappa shape index (κ3) is 4.10. The number of likely N-dealkylation sites (tertiary alicyclic amines) is 2. The maximum atomic E-state index is 12.5. The van der Waals surface area contributed by atoms with Crippen LogP contribution in [0.2, 0.25) is 0 Å². The van der Waals surface area contributed by atoms with Crippen LogP contribution in [0.3, 0.4) is 0 Å². The number of carboxylic acid groups (broad SMARTS) is 1. The number of piperidine rings is 2. The lowest BCUT2D eigenvalue weighted by molar-refractivity contribution is -0.137. The summed E-state index contributed by atoms with van der Waals surface area (Å²) < 4.78 is 0. The second-order valence-corrected chi connectivity index (χ2v) is 6.02. The minimum atomic E-state index is -0.754. The van der Waals surface area contributed by atoms with E-state index in [2.05, 4.69) is 0 Å². The van der Waals surface area contributed by atoms with Gasteiger partial charge < -0.3 is 20.6 Å². The average Bonchev–Trinajstić information content (AvgIpc) is 2.44. The molecule has 0 aromatic carbocycles. The van der Waals surface area contributed by atoms with Crippen molar-refractivity contribution in [3.05, 3.63) is 0 Å². The van der Waals surface area contributed by atoms with Crippen molar-refractivity contribution >= 4 is 12.0 Å². The van der Waals surface area contributed by atoms with E-state index in [0.29, 0.717) is 25.4 Å². The van der Waals surface area contributed by atoms with Crippen LogP contribution in [0.4, 0.5) is 4.79 Å². The van der Waals surface area contributed by atoms with E-state index in [1.807, 2.05) is 9.80 Å². The predicted octanol–water partition coefficient (Wildman–Crippen LogP) is 1.11. The van der Waals surface area contributed by atoms with Gasteiger partial charge in [0, 0.05) is 38.6 Å². The Hall–Kier alpha value is -1.30. The number of urea groups is 1. The van der Waals surface area contributed by atoms with Gasteiger partial charge in [0.1, 0.15) is 0 Å². The number of aliphatic carboxylic acids is 1. The molecule has 2 aliphatic heterocycles. The van der Waals surface area contributed by atoms with Crippen LogP contribution in [-0.2, 0) is 4.79 Å². The van der Waals surface area contributed by atoms with Crippen LogP contribution in [0.25, 0.3) is 0 Å². The van der Waals surface area contributed by atoms with Gasteiger partial charge in [0.15, 0.2) is 0 Å². The molecule has 0 saturated carbocycles. The van der Waals surface area contributed by atoms with Crippen molar-refractivity contribution in [2.45, 2.75) is 44.6 Å². The summed E-state index contributed by atoms with van der Waals surface area (Å²) in [5.74, 6) is -0.433. The van der Waals surface area contributed by atoms with Crippen LogP contribution in [-0.4, -0.2) is 59.1 Å². The minimum Gasteiger partial charge on any atom is -0.481 e. The number of nitrogens with two attached hydrogens (primary N) is 1. The molecule has 0 aromatic rings. The van der Waals surface area contributed by atoms with Crippen molar-refractivity contribution in [2.24, 2.45) is 11.7 Å². The first kappa shape index (κ1) is 15.1. The van der Waals surface area contributed by atoms with Crippen molar-refractivity contribution in [2.75, 3.05) is 26.2 Å². The van der Waals surface area contributed by atoms with Gasteiger partial charge in [-0.3, -0.25) is 4.79 Å². The molecule has 2 aliphatic rings. The minimum absolute atomic E-state index is 0.0835. The molecule has 2 fully saturated rings. The largest absolute Gasteiger partial charge is 0.481 e. The Kier molecular flexibility index (Phi) is 5.23. The molecule has 0 aromatic heterocycles. The smallest absolute Gasteiger partial charge is 0.320 e. The van der Waals surface area contributed by atoms with E-state index in [0.717, 1.165) is 38.8 Å². The summed E-state index contributed by atoms with van der Waals surface area (Å²) in [6.45, 7) is 2.92. The van der Waals surface area contributed by atoms with Crippen LogP contribution in [0.5, 0.6) is 0 Å². The van der Waals surface area contributed by atoms with E-state index in [1.165, 1.54) is 0 Å². The van der Waals surface area contributed by atoms with Crippen LogP contribution >= 0.6 is 0 Å². The summed E-state index contributed by atoms with van der Waals surface area (Å²) >= 11 is 0. The van der Waals surface area contributed by atoms with Crippen LogP contribution in [0.1, 0.15) is 38.5 Å². The average molecular weight is 283 g/mol. The van der Waals surface area contributed by atoms with Gasteiger partial charge in [-0.2, -0.15) is 0 Å². The number of hydrogen-bond acceptors (Lipinski definition) is 3. The number of carbonyl (C=O) groups excluding carboxylic acids is 1. The highest BCUT2D eigenvalue weighted by atomic mass is 16.4. The second-order valence-electron chi connectivity index (χ2n) is 6.02. The van der Waals surface area contributed by atoms with Crippen molar-refractivity contribution in [3.8, 4) is 0 Å². The maximum absolute atomic E-state index is 12.5. The van der Waals surface area contributed by atoms with Crippen LogP contribution < -0.4 is 5.73 Å². The molecule has 2 rings (SSSR count). The quantitative estimate of drug-likeness (QED) is 0.812. The van der Waals surface area contributed by atoms with Gasteiger partial charge in [-0.25, -0.2) is 4.79 Å². The third-order valence-electron chi connectivity index (χ3n) is 4.28. The van der Waals surface area contributed by atoms with Crippen molar-refractivity contribution in [3.63, 3.8) is 0 Å². The Bertz CT molecular complexity index is 362. The number of carboxylic acids is 1. The lowest BCUT2D eigenvalue weighted by Gasteiger charge is -2.39. The molecule has 0 spiro atoms. The maximum Gasteiger partial charge on any atom is 0.320 e. The number of hydrogen-bond donors (Lipinski definition) is 2. The molecule has 6 heteroatoms. The Morgan fingerprint density at radius 3 is 2.40 bits per heavy atom. The normalized spacial score (nSPS) is 27.4. The van der Waals surface area contributed by atoms with Crippen LogP contribution in [0.15, 0.2) is 0 Å². The van der Waals surface area contributed by atoms with E-state index >= 15 is 0 Å². The topological polar surface area (TPSA) is 86.9 Å². The first-order valence-corrected chi connectivity index (χ1v) is 7.57. The molecule has 2 unspecified atom stereocenters. The molecule has 114 valence electrons. The fourth-order valence-corrected chi connectivity index (χ4v) is 3.19. The second kappa shape index (κ2) is 6.92. The van der Waals surface area contributed by atoms with Crippen LogP contribution in [0, 0.1) is 5.92 Å². The zero-order valence-electron chi connectivity index (χ0n) is 12.0. The molecule has 0 radical (unpaired) electrons. The molecule has 2 saturated heterocycles. The SMILES string of the molecule is NC1CCCN(C(=O)N2CCCC(CCC(=O)O)C2)C1. The predicted molar refractivity (Wildman–Crippen MR) is 75.3 cm³/mol. The fraction of sp³-hybridized carbons (Fsp3) is 0.857. The van der Waals surface area contributed by atoms with E-state index in [-0.39, 0.29) is 18.5 Å². The Labute approximate surface area is 119 Å². The first-order valence-electron chi connectivity index (χ1n) is 7.57. The summed E-state index contributed by atoms with van der Waals surface area (Å²) in [5.41, 5.74) is 5.92. The highest BCUT2D eigenvalue weighted by Gasteiger charge is 2.29. The Balaban J connectivity index is 1.84. The Morgan fingerprint density at radius 2 is 1.75 bits per heavy atom. The van der Waals surface area contributed by atoms with Gasteiger partial charge in [0.2, 0.25) is 0 Å².